The molecule has 1 unspecified atom stereocenters. The number of aryl methyl sites for hydroxylation is 2. The van der Waals surface area contributed by atoms with E-state index in [2.05, 4.69) is 43.6 Å². The maximum Gasteiger partial charge on any atom is 0.142 e. The van der Waals surface area contributed by atoms with Crippen LogP contribution in [0.15, 0.2) is 73.1 Å². The number of fused-ring (bicyclic) bond motifs is 1. The molecule has 1 aliphatic rings. The van der Waals surface area contributed by atoms with E-state index in [0.717, 1.165) is 68.0 Å². The lowest BCUT2D eigenvalue weighted by atomic mass is 10.0. The number of carbonyl (C=O) groups is 2. The Labute approximate surface area is 239 Å². The second-order valence-corrected chi connectivity index (χ2v) is 10.5. The first-order chi connectivity index (χ1) is 19.4. The molecule has 0 spiro atoms. The lowest BCUT2D eigenvalue weighted by molar-refractivity contribution is -0.112. The maximum atomic E-state index is 11.6. The van der Waals surface area contributed by atoms with Crippen molar-refractivity contribution >= 4 is 24.0 Å². The average molecular weight is 541 g/mol. The smallest absolute Gasteiger partial charge is 0.142 e. The van der Waals surface area contributed by atoms with Gasteiger partial charge in [0.05, 0.1) is 23.1 Å². The Morgan fingerprint density at radius 1 is 1.07 bits per heavy atom. The zero-order valence-electron chi connectivity index (χ0n) is 23.9. The van der Waals surface area contributed by atoms with Gasteiger partial charge >= 0.3 is 0 Å². The van der Waals surface area contributed by atoms with Crippen LogP contribution in [-0.4, -0.2) is 35.8 Å². The van der Waals surface area contributed by atoms with Crippen molar-refractivity contribution in [3.63, 3.8) is 0 Å². The third-order valence-corrected chi connectivity index (χ3v) is 7.61. The monoisotopic (exact) mass is 540 g/mol. The number of benzene rings is 2. The number of hydrogen-bond donors (Lipinski definition) is 3. The Balaban J connectivity index is 1.32. The van der Waals surface area contributed by atoms with Crippen LogP contribution in [0.4, 0.5) is 0 Å². The number of rotatable bonds is 18. The van der Waals surface area contributed by atoms with Crippen molar-refractivity contribution in [1.29, 1.82) is 5.41 Å². The molecule has 6 nitrogen and oxygen atoms in total. The Hall–Kier alpha value is -3.93. The Bertz CT molecular complexity index is 1230. The first-order valence-electron chi connectivity index (χ1n) is 14.4. The lowest BCUT2D eigenvalue weighted by Gasteiger charge is -2.25. The standard InChI is InChI=1S/C34H44N4O2/c1-4-27-13-16-29(17-14-27)34(36)22-33(35)25(2)37-19-9-7-5-6-8-11-28-15-18-32-26(3)38(23-30(32)21-28)31(24-40)12-10-20-39/h13-18,20-22,24,31,36-37H,2-12,19,23,35H2,1H3/b33-22-,36-34?. The highest BCUT2D eigenvalue weighted by atomic mass is 16.1. The summed E-state index contributed by atoms with van der Waals surface area (Å²) in [5.74, 6) is 0. The molecule has 2 aromatic rings. The fourth-order valence-electron chi connectivity index (χ4n) is 5.07. The van der Waals surface area contributed by atoms with Crippen LogP contribution < -0.4 is 11.1 Å². The molecule has 0 saturated carbocycles. The summed E-state index contributed by atoms with van der Waals surface area (Å²) in [4.78, 5) is 24.3. The molecule has 0 fully saturated rings. The summed E-state index contributed by atoms with van der Waals surface area (Å²) < 4.78 is 0. The Morgan fingerprint density at radius 2 is 1.77 bits per heavy atom. The molecular weight excluding hydrogens is 496 g/mol. The molecule has 0 aliphatic carbocycles. The number of nitrogens with zero attached hydrogens (tertiary/aromatic N) is 1. The molecule has 0 aromatic heterocycles. The quantitative estimate of drug-likeness (QED) is 0.0920. The van der Waals surface area contributed by atoms with Gasteiger partial charge in [-0.2, -0.15) is 0 Å². The highest BCUT2D eigenvalue weighted by Gasteiger charge is 2.28. The number of hydrogen-bond acceptors (Lipinski definition) is 6. The molecule has 3 rings (SSSR count). The number of allylic oxidation sites excluding steroid dienone is 1. The van der Waals surface area contributed by atoms with Crippen LogP contribution in [0.2, 0.25) is 0 Å². The van der Waals surface area contributed by atoms with E-state index in [9.17, 15) is 9.59 Å². The highest BCUT2D eigenvalue weighted by Crippen LogP contribution is 2.34. The summed E-state index contributed by atoms with van der Waals surface area (Å²) in [6.07, 6.45) is 12.0. The summed E-state index contributed by atoms with van der Waals surface area (Å²) in [6.45, 7) is 11.8. The molecule has 0 saturated heterocycles. The van der Waals surface area contributed by atoms with Crippen LogP contribution >= 0.6 is 0 Å². The van der Waals surface area contributed by atoms with Crippen LogP contribution in [0.25, 0.3) is 5.70 Å². The van der Waals surface area contributed by atoms with Crippen molar-refractivity contribution in [2.24, 2.45) is 5.73 Å². The zero-order chi connectivity index (χ0) is 28.9. The van der Waals surface area contributed by atoms with Gasteiger partial charge in [-0.1, -0.05) is 81.8 Å². The van der Waals surface area contributed by atoms with Crippen molar-refractivity contribution < 1.29 is 9.59 Å². The van der Waals surface area contributed by atoms with Crippen molar-refractivity contribution in [3.8, 4) is 0 Å². The molecule has 4 N–H and O–H groups in total. The van der Waals surface area contributed by atoms with Gasteiger partial charge in [-0.15, -0.1) is 0 Å². The maximum absolute atomic E-state index is 11.6. The summed E-state index contributed by atoms with van der Waals surface area (Å²) in [7, 11) is 0. The first-order valence-corrected chi connectivity index (χ1v) is 14.4. The lowest BCUT2D eigenvalue weighted by Crippen LogP contribution is -2.31. The van der Waals surface area contributed by atoms with Gasteiger partial charge in [-0.05, 0) is 60.4 Å². The van der Waals surface area contributed by atoms with Gasteiger partial charge in [0.25, 0.3) is 0 Å². The van der Waals surface area contributed by atoms with Crippen LogP contribution in [0.1, 0.15) is 79.7 Å². The molecule has 1 heterocycles. The number of unbranched alkanes of at least 4 members (excludes halogenated alkanes) is 4. The Kier molecular flexibility index (Phi) is 11.9. The summed E-state index contributed by atoms with van der Waals surface area (Å²) >= 11 is 0. The van der Waals surface area contributed by atoms with Gasteiger partial charge in [0.1, 0.15) is 12.6 Å². The zero-order valence-corrected chi connectivity index (χ0v) is 23.9. The summed E-state index contributed by atoms with van der Waals surface area (Å²) in [5, 5.41) is 11.6. The molecule has 0 bridgehead atoms. The van der Waals surface area contributed by atoms with Crippen LogP contribution in [0, 0.1) is 5.41 Å². The molecular formula is C34H44N4O2. The minimum atomic E-state index is -0.301. The predicted molar refractivity (Wildman–Crippen MR) is 165 cm³/mol. The third kappa shape index (κ3) is 8.54. The van der Waals surface area contributed by atoms with Crippen LogP contribution in [0.5, 0.6) is 0 Å². The highest BCUT2D eigenvalue weighted by molar-refractivity contribution is 6.07. The molecule has 0 radical (unpaired) electrons. The van der Waals surface area contributed by atoms with Gasteiger partial charge in [-0.25, -0.2) is 0 Å². The van der Waals surface area contributed by atoms with Crippen molar-refractivity contribution in [2.45, 2.75) is 77.3 Å². The molecule has 1 aliphatic heterocycles. The Morgan fingerprint density at radius 3 is 2.48 bits per heavy atom. The second-order valence-electron chi connectivity index (χ2n) is 10.5. The van der Waals surface area contributed by atoms with Gasteiger partial charge < -0.3 is 30.9 Å². The van der Waals surface area contributed by atoms with E-state index in [4.69, 9.17) is 11.1 Å². The van der Waals surface area contributed by atoms with E-state index in [0.29, 0.717) is 36.5 Å². The van der Waals surface area contributed by atoms with E-state index in [1.807, 2.05) is 29.2 Å². The number of nitrogens with one attached hydrogen (secondary N) is 2. The third-order valence-electron chi connectivity index (χ3n) is 7.61. The van der Waals surface area contributed by atoms with Gasteiger partial charge in [0.15, 0.2) is 0 Å². The summed E-state index contributed by atoms with van der Waals surface area (Å²) in [6, 6.07) is 14.2. The van der Waals surface area contributed by atoms with E-state index < -0.39 is 0 Å². The topological polar surface area (TPSA) is 99.3 Å². The van der Waals surface area contributed by atoms with Crippen molar-refractivity contribution in [1.82, 2.24) is 10.2 Å². The molecule has 2 aromatic carbocycles. The number of nitrogens with two attached hydrogens (primary N) is 1. The van der Waals surface area contributed by atoms with Gasteiger partial charge in [0, 0.05) is 30.8 Å². The SMILES string of the molecule is C=C(NCCCCCCCc1ccc2c(c1)CN(C(C=O)CCC=O)C2=C)/C(N)=C/C(=N)c1ccc(CC)cc1. The van der Waals surface area contributed by atoms with Gasteiger partial charge in [0.2, 0.25) is 0 Å². The van der Waals surface area contributed by atoms with E-state index in [1.54, 1.807) is 6.08 Å². The van der Waals surface area contributed by atoms with Crippen molar-refractivity contribution in [3.05, 3.63) is 101 Å². The van der Waals surface area contributed by atoms with E-state index >= 15 is 0 Å². The number of aldehydes is 2. The molecule has 40 heavy (non-hydrogen) atoms. The van der Waals surface area contributed by atoms with Crippen molar-refractivity contribution in [2.75, 3.05) is 6.54 Å². The fourth-order valence-corrected chi connectivity index (χ4v) is 5.07. The number of carbonyl (C=O) groups excluding carboxylic acids is 2. The molecule has 0 amide bonds. The normalized spacial score (nSPS) is 13.6. The molecule has 1 atom stereocenters. The largest absolute Gasteiger partial charge is 0.397 e. The van der Waals surface area contributed by atoms with Crippen LogP contribution in [-0.2, 0) is 29.0 Å². The molecule has 212 valence electrons. The predicted octanol–water partition coefficient (Wildman–Crippen LogP) is 6.09. The van der Waals surface area contributed by atoms with Gasteiger partial charge in [-0.3, -0.25) is 0 Å². The summed E-state index contributed by atoms with van der Waals surface area (Å²) in [5.41, 5.74) is 14.3. The minimum Gasteiger partial charge on any atom is -0.397 e. The second kappa shape index (κ2) is 15.6. The first kappa shape index (κ1) is 30.6. The average Bonchev–Trinajstić information content (AvgIpc) is 3.29. The fraction of sp³-hybridized carbons (Fsp3) is 0.382. The molecule has 6 heteroatoms. The van der Waals surface area contributed by atoms with E-state index in [-0.39, 0.29) is 6.04 Å². The van der Waals surface area contributed by atoms with E-state index in [1.165, 1.54) is 29.5 Å². The minimum absolute atomic E-state index is 0.301. The van der Waals surface area contributed by atoms with Crippen LogP contribution in [0.3, 0.4) is 0 Å².